The predicted octanol–water partition coefficient (Wildman–Crippen LogP) is 3.28. The molecule has 0 fully saturated rings. The van der Waals surface area contributed by atoms with Crippen molar-refractivity contribution in [3.05, 3.63) is 65.0 Å². The van der Waals surface area contributed by atoms with Crippen LogP contribution in [0.1, 0.15) is 29.2 Å². The van der Waals surface area contributed by atoms with Crippen molar-refractivity contribution in [2.24, 2.45) is 5.84 Å². The largest absolute Gasteiger partial charge is 0.497 e. The maximum Gasteiger partial charge on any atom is 0.131 e. The number of nitrogens with one attached hydrogen (secondary N) is 1. The van der Waals surface area contributed by atoms with Crippen molar-refractivity contribution in [2.45, 2.75) is 25.8 Å². The van der Waals surface area contributed by atoms with Crippen LogP contribution in [-0.2, 0) is 6.42 Å². The number of ether oxygens (including phenoxy) is 1. The summed E-state index contributed by atoms with van der Waals surface area (Å²) in [7, 11) is 1.52. The summed E-state index contributed by atoms with van der Waals surface area (Å²) in [5.74, 6) is 5.79. The molecule has 2 rings (SSSR count). The second-order valence-electron chi connectivity index (χ2n) is 5.13. The Bertz CT molecular complexity index is 584. The molecule has 0 bridgehead atoms. The minimum Gasteiger partial charge on any atom is -0.497 e. The highest BCUT2D eigenvalue weighted by Gasteiger charge is 2.15. The number of hydrogen-bond donors (Lipinski definition) is 2. The van der Waals surface area contributed by atoms with Gasteiger partial charge in [-0.2, -0.15) is 0 Å². The van der Waals surface area contributed by atoms with Gasteiger partial charge in [0.1, 0.15) is 11.6 Å². The third-order valence-corrected chi connectivity index (χ3v) is 3.63. The molecule has 0 saturated carbocycles. The summed E-state index contributed by atoms with van der Waals surface area (Å²) in [5, 5.41) is 0. The van der Waals surface area contributed by atoms with Crippen molar-refractivity contribution in [3.8, 4) is 5.75 Å². The average molecular weight is 288 g/mol. The Labute approximate surface area is 124 Å². The summed E-state index contributed by atoms with van der Waals surface area (Å²) < 4.78 is 19.1. The lowest BCUT2D eigenvalue weighted by Crippen LogP contribution is -2.29. The van der Waals surface area contributed by atoms with Gasteiger partial charge in [-0.3, -0.25) is 11.3 Å². The molecule has 0 aromatic heterocycles. The van der Waals surface area contributed by atoms with E-state index in [-0.39, 0.29) is 11.9 Å². The summed E-state index contributed by atoms with van der Waals surface area (Å²) in [6.07, 6.45) is 1.56. The first-order valence-electron chi connectivity index (χ1n) is 6.99. The van der Waals surface area contributed by atoms with Crippen LogP contribution in [0.2, 0.25) is 0 Å². The molecule has 2 aromatic rings. The Balaban J connectivity index is 2.07. The van der Waals surface area contributed by atoms with E-state index < -0.39 is 0 Å². The van der Waals surface area contributed by atoms with E-state index in [1.807, 2.05) is 0 Å². The molecule has 0 amide bonds. The highest BCUT2D eigenvalue weighted by molar-refractivity contribution is 5.31. The monoisotopic (exact) mass is 288 g/mol. The van der Waals surface area contributed by atoms with Crippen LogP contribution in [0.15, 0.2) is 42.5 Å². The Morgan fingerprint density at radius 3 is 2.48 bits per heavy atom. The second kappa shape index (κ2) is 7.20. The van der Waals surface area contributed by atoms with Crippen molar-refractivity contribution >= 4 is 0 Å². The molecule has 2 aromatic carbocycles. The minimum atomic E-state index is -0.304. The molecule has 0 spiro atoms. The molecular formula is C17H21FN2O. The van der Waals surface area contributed by atoms with E-state index in [0.29, 0.717) is 11.3 Å². The summed E-state index contributed by atoms with van der Waals surface area (Å²) in [6.45, 7) is 2.06. The predicted molar refractivity (Wildman–Crippen MR) is 82.5 cm³/mol. The van der Waals surface area contributed by atoms with Gasteiger partial charge in [-0.25, -0.2) is 4.39 Å². The molecule has 4 heteroatoms. The van der Waals surface area contributed by atoms with Gasteiger partial charge in [0.05, 0.1) is 7.11 Å². The lowest BCUT2D eigenvalue weighted by molar-refractivity contribution is 0.408. The average Bonchev–Trinajstić information content (AvgIpc) is 2.50. The number of hydrogen-bond acceptors (Lipinski definition) is 3. The molecule has 1 atom stereocenters. The van der Waals surface area contributed by atoms with Crippen molar-refractivity contribution in [3.63, 3.8) is 0 Å². The molecule has 3 N–H and O–H groups in total. The number of rotatable bonds is 6. The number of methoxy groups -OCH3 is 1. The molecule has 0 aliphatic heterocycles. The topological polar surface area (TPSA) is 47.3 Å². The summed E-state index contributed by atoms with van der Waals surface area (Å²) in [6, 6.07) is 13.0. The standard InChI is InChI=1S/C17H21FN2O/c1-12-3-5-13(6-4-12)7-10-17(20-19)15-9-8-14(21-2)11-16(15)18/h3-6,8-9,11,17,20H,7,10,19H2,1-2H3. The molecular weight excluding hydrogens is 267 g/mol. The highest BCUT2D eigenvalue weighted by atomic mass is 19.1. The van der Waals surface area contributed by atoms with Crippen LogP contribution >= 0.6 is 0 Å². The van der Waals surface area contributed by atoms with Crippen LogP contribution in [0.5, 0.6) is 5.75 Å². The second-order valence-corrected chi connectivity index (χ2v) is 5.13. The van der Waals surface area contributed by atoms with E-state index >= 15 is 0 Å². The fraction of sp³-hybridized carbons (Fsp3) is 0.294. The molecule has 0 heterocycles. The molecule has 0 radical (unpaired) electrons. The van der Waals surface area contributed by atoms with Gasteiger partial charge in [0.2, 0.25) is 0 Å². The van der Waals surface area contributed by atoms with Crippen molar-refractivity contribution in [2.75, 3.05) is 7.11 Å². The van der Waals surface area contributed by atoms with Crippen LogP contribution in [0, 0.1) is 12.7 Å². The molecule has 0 aliphatic carbocycles. The van der Waals surface area contributed by atoms with E-state index in [1.165, 1.54) is 24.3 Å². The molecule has 3 nitrogen and oxygen atoms in total. The number of halogens is 1. The lowest BCUT2D eigenvalue weighted by atomic mass is 9.98. The van der Waals surface area contributed by atoms with Crippen LogP contribution in [0.4, 0.5) is 4.39 Å². The first-order chi connectivity index (χ1) is 10.1. The quantitative estimate of drug-likeness (QED) is 0.633. The van der Waals surface area contributed by atoms with Gasteiger partial charge >= 0.3 is 0 Å². The Hall–Kier alpha value is -1.91. The minimum absolute atomic E-state index is 0.225. The van der Waals surface area contributed by atoms with Crippen molar-refractivity contribution in [1.29, 1.82) is 0 Å². The molecule has 0 saturated heterocycles. The Kier molecular flexibility index (Phi) is 5.31. The van der Waals surface area contributed by atoms with Gasteiger partial charge in [0, 0.05) is 17.7 Å². The zero-order valence-electron chi connectivity index (χ0n) is 12.4. The van der Waals surface area contributed by atoms with E-state index in [9.17, 15) is 4.39 Å². The van der Waals surface area contributed by atoms with Crippen molar-refractivity contribution < 1.29 is 9.13 Å². The van der Waals surface area contributed by atoms with E-state index in [4.69, 9.17) is 10.6 Å². The Morgan fingerprint density at radius 1 is 1.19 bits per heavy atom. The first-order valence-corrected chi connectivity index (χ1v) is 6.99. The molecule has 0 aliphatic rings. The smallest absolute Gasteiger partial charge is 0.131 e. The summed E-state index contributed by atoms with van der Waals surface area (Å²) in [5.41, 5.74) is 5.71. The molecule has 21 heavy (non-hydrogen) atoms. The SMILES string of the molecule is COc1ccc(C(CCc2ccc(C)cc2)NN)c(F)c1. The molecule has 1 unspecified atom stereocenters. The number of benzene rings is 2. The summed E-state index contributed by atoms with van der Waals surface area (Å²) in [4.78, 5) is 0. The van der Waals surface area contributed by atoms with E-state index in [0.717, 1.165) is 12.8 Å². The third-order valence-electron chi connectivity index (χ3n) is 3.63. The molecule has 112 valence electrons. The lowest BCUT2D eigenvalue weighted by Gasteiger charge is -2.17. The van der Waals surface area contributed by atoms with Gasteiger partial charge < -0.3 is 4.74 Å². The number of aryl methyl sites for hydroxylation is 2. The highest BCUT2D eigenvalue weighted by Crippen LogP contribution is 2.24. The van der Waals surface area contributed by atoms with Gasteiger partial charge in [0.25, 0.3) is 0 Å². The van der Waals surface area contributed by atoms with Crippen LogP contribution < -0.4 is 16.0 Å². The number of hydrazine groups is 1. The zero-order chi connectivity index (χ0) is 15.2. The maximum absolute atomic E-state index is 14.1. The first kappa shape index (κ1) is 15.5. The van der Waals surface area contributed by atoms with E-state index in [1.54, 1.807) is 12.1 Å². The third kappa shape index (κ3) is 4.03. The fourth-order valence-electron chi connectivity index (χ4n) is 2.31. The van der Waals surface area contributed by atoms with Gasteiger partial charge in [-0.1, -0.05) is 35.9 Å². The van der Waals surface area contributed by atoms with Crippen LogP contribution in [0.3, 0.4) is 0 Å². The Morgan fingerprint density at radius 2 is 1.90 bits per heavy atom. The van der Waals surface area contributed by atoms with E-state index in [2.05, 4.69) is 36.6 Å². The normalized spacial score (nSPS) is 12.2. The zero-order valence-corrected chi connectivity index (χ0v) is 12.4. The maximum atomic E-state index is 14.1. The number of nitrogens with two attached hydrogens (primary N) is 1. The van der Waals surface area contributed by atoms with Crippen molar-refractivity contribution in [1.82, 2.24) is 5.43 Å². The fourth-order valence-corrected chi connectivity index (χ4v) is 2.31. The van der Waals surface area contributed by atoms with Crippen LogP contribution in [0.25, 0.3) is 0 Å². The van der Waals surface area contributed by atoms with Gasteiger partial charge in [-0.15, -0.1) is 0 Å². The van der Waals surface area contributed by atoms with Crippen LogP contribution in [-0.4, -0.2) is 7.11 Å². The summed E-state index contributed by atoms with van der Waals surface area (Å²) >= 11 is 0. The van der Waals surface area contributed by atoms with Gasteiger partial charge in [0.15, 0.2) is 0 Å². The van der Waals surface area contributed by atoms with Gasteiger partial charge in [-0.05, 0) is 31.4 Å².